The normalized spacial score (nSPS) is 12.9. The van der Waals surface area contributed by atoms with Crippen molar-refractivity contribution in [3.63, 3.8) is 0 Å². The van der Waals surface area contributed by atoms with Crippen molar-refractivity contribution in [3.05, 3.63) is 65.1 Å². The zero-order valence-corrected chi connectivity index (χ0v) is 16.0. The molecule has 0 unspecified atom stereocenters. The molecule has 0 bridgehead atoms. The Morgan fingerprint density at radius 2 is 2.00 bits per heavy atom. The number of fused-ring (bicyclic) bond motifs is 1. The van der Waals surface area contributed by atoms with Crippen molar-refractivity contribution >= 4 is 23.2 Å². The Kier molecular flexibility index (Phi) is 5.74. The van der Waals surface area contributed by atoms with Gasteiger partial charge in [0.1, 0.15) is 6.04 Å². The first kappa shape index (κ1) is 19.3. The van der Waals surface area contributed by atoms with Gasteiger partial charge in [0.15, 0.2) is 11.5 Å². The van der Waals surface area contributed by atoms with Crippen molar-refractivity contribution < 1.29 is 9.53 Å². The number of nitrogens with zero attached hydrogens (tertiary/aromatic N) is 3. The molecule has 0 radical (unpaired) electrons. The smallest absolute Gasteiger partial charge is 0.240 e. The van der Waals surface area contributed by atoms with Crippen molar-refractivity contribution in [2.24, 2.45) is 5.73 Å². The predicted octanol–water partition coefficient (Wildman–Crippen LogP) is 2.49. The average Bonchev–Trinajstić information content (AvgIpc) is 3.05. The number of carbonyl (C=O) groups is 1. The first-order chi connectivity index (χ1) is 12.9. The highest BCUT2D eigenvalue weighted by molar-refractivity contribution is 6.31. The summed E-state index contributed by atoms with van der Waals surface area (Å²) in [6, 6.07) is 12.5. The molecule has 3 aromatic rings. The topological polar surface area (TPSA) is 94.5 Å². The molecule has 3 N–H and O–H groups in total. The van der Waals surface area contributed by atoms with E-state index in [0.29, 0.717) is 23.1 Å². The zero-order valence-electron chi connectivity index (χ0n) is 15.2. The van der Waals surface area contributed by atoms with Gasteiger partial charge in [-0.3, -0.25) is 9.20 Å². The minimum Gasteiger partial charge on any atom is -0.374 e. The molecule has 0 saturated carbocycles. The van der Waals surface area contributed by atoms with Crippen LogP contribution in [0.2, 0.25) is 5.02 Å². The average molecular weight is 388 g/mol. The van der Waals surface area contributed by atoms with E-state index in [1.165, 1.54) is 0 Å². The molecule has 0 aliphatic rings. The van der Waals surface area contributed by atoms with Crippen LogP contribution < -0.4 is 11.1 Å². The molecule has 2 aromatic heterocycles. The van der Waals surface area contributed by atoms with E-state index in [4.69, 9.17) is 22.1 Å². The number of halogens is 1. The maximum Gasteiger partial charge on any atom is 0.240 e. The first-order valence-electron chi connectivity index (χ1n) is 8.57. The summed E-state index contributed by atoms with van der Waals surface area (Å²) >= 11 is 6.17. The van der Waals surface area contributed by atoms with Crippen LogP contribution in [0.15, 0.2) is 48.7 Å². The Bertz CT molecular complexity index is 935. The summed E-state index contributed by atoms with van der Waals surface area (Å²) in [5.41, 5.74) is 6.45. The molecular weight excluding hydrogens is 366 g/mol. The fraction of sp³-hybridized carbons (Fsp3) is 0.316. The Morgan fingerprint density at radius 1 is 1.26 bits per heavy atom. The van der Waals surface area contributed by atoms with E-state index in [0.717, 1.165) is 5.56 Å². The minimum absolute atomic E-state index is 0.197. The van der Waals surface area contributed by atoms with Gasteiger partial charge in [0.2, 0.25) is 5.91 Å². The Hall–Kier alpha value is -2.48. The molecule has 3 rings (SSSR count). The molecule has 0 spiro atoms. The lowest BCUT2D eigenvalue weighted by Crippen LogP contribution is -2.50. The van der Waals surface area contributed by atoms with Crippen LogP contribution in [-0.2, 0) is 16.1 Å². The number of aromatic nitrogens is 3. The molecular formula is C19H22ClN5O2. The summed E-state index contributed by atoms with van der Waals surface area (Å²) in [7, 11) is 0. The molecule has 0 fully saturated rings. The van der Waals surface area contributed by atoms with Gasteiger partial charge in [0.05, 0.1) is 18.8 Å². The number of ether oxygens (including phenoxy) is 1. The van der Waals surface area contributed by atoms with Crippen LogP contribution in [0.1, 0.15) is 31.3 Å². The van der Waals surface area contributed by atoms with Crippen LogP contribution in [-0.4, -0.2) is 32.7 Å². The Balaban J connectivity index is 1.79. The lowest BCUT2D eigenvalue weighted by atomic mass is 10.1. The van der Waals surface area contributed by atoms with Crippen molar-refractivity contribution in [2.45, 2.75) is 32.0 Å². The van der Waals surface area contributed by atoms with Crippen molar-refractivity contribution in [1.29, 1.82) is 0 Å². The number of hydrogen-bond acceptors (Lipinski definition) is 5. The molecule has 1 amide bonds. The monoisotopic (exact) mass is 387 g/mol. The minimum atomic E-state index is -1.03. The number of pyridine rings is 1. The van der Waals surface area contributed by atoms with Gasteiger partial charge < -0.3 is 15.8 Å². The van der Waals surface area contributed by atoms with E-state index >= 15 is 0 Å². The standard InChI is InChI=1S/C19H22ClN5O2/c1-19(2,21)18(26)22-15(12-27-11-13-7-3-4-8-14(13)20)17-24-23-16-9-5-6-10-25(16)17/h3-10,15H,11-12,21H2,1-2H3,(H,22,26)/t15-/m1/s1. The van der Waals surface area contributed by atoms with Crippen molar-refractivity contribution in [1.82, 2.24) is 19.9 Å². The third-order valence-electron chi connectivity index (χ3n) is 4.04. The van der Waals surface area contributed by atoms with Gasteiger partial charge in [-0.2, -0.15) is 0 Å². The maximum atomic E-state index is 12.4. The van der Waals surface area contributed by atoms with Gasteiger partial charge in [-0.15, -0.1) is 10.2 Å². The van der Waals surface area contributed by atoms with Crippen LogP contribution in [0.4, 0.5) is 0 Å². The molecule has 8 heteroatoms. The highest BCUT2D eigenvalue weighted by Gasteiger charge is 2.27. The number of nitrogens with one attached hydrogen (secondary N) is 1. The first-order valence-corrected chi connectivity index (χ1v) is 8.94. The number of rotatable bonds is 7. The molecule has 27 heavy (non-hydrogen) atoms. The van der Waals surface area contributed by atoms with Crippen molar-refractivity contribution in [3.8, 4) is 0 Å². The summed E-state index contributed by atoms with van der Waals surface area (Å²) in [6.45, 7) is 3.80. The molecule has 7 nitrogen and oxygen atoms in total. The van der Waals surface area contributed by atoms with Crippen LogP contribution in [0.25, 0.3) is 5.65 Å². The largest absolute Gasteiger partial charge is 0.374 e. The quantitative estimate of drug-likeness (QED) is 0.649. The van der Waals surface area contributed by atoms with E-state index in [1.54, 1.807) is 13.8 Å². The fourth-order valence-electron chi connectivity index (χ4n) is 2.52. The number of nitrogens with two attached hydrogens (primary N) is 1. The highest BCUT2D eigenvalue weighted by atomic mass is 35.5. The predicted molar refractivity (Wildman–Crippen MR) is 103 cm³/mol. The summed E-state index contributed by atoms with van der Waals surface area (Å²) < 4.78 is 7.64. The number of hydrogen-bond donors (Lipinski definition) is 2. The SMILES string of the molecule is CC(C)(N)C(=O)N[C@H](COCc1ccccc1Cl)c1nnc2ccccn12. The molecule has 0 saturated heterocycles. The van der Waals surface area contributed by atoms with Gasteiger partial charge in [0.25, 0.3) is 0 Å². The number of amides is 1. The Labute approximate surface area is 162 Å². The lowest BCUT2D eigenvalue weighted by molar-refractivity contribution is -0.126. The second kappa shape index (κ2) is 8.04. The molecule has 2 heterocycles. The van der Waals surface area contributed by atoms with Crippen LogP contribution in [0.5, 0.6) is 0 Å². The van der Waals surface area contributed by atoms with Gasteiger partial charge in [0, 0.05) is 11.2 Å². The highest BCUT2D eigenvalue weighted by Crippen LogP contribution is 2.18. The summed E-state index contributed by atoms with van der Waals surface area (Å²) in [4.78, 5) is 12.4. The fourth-order valence-corrected chi connectivity index (χ4v) is 2.71. The second-order valence-electron chi connectivity index (χ2n) is 6.84. The summed E-state index contributed by atoms with van der Waals surface area (Å²) in [5.74, 6) is 0.267. The van der Waals surface area contributed by atoms with E-state index in [2.05, 4.69) is 15.5 Å². The molecule has 1 aromatic carbocycles. The molecule has 142 valence electrons. The van der Waals surface area contributed by atoms with Gasteiger partial charge in [-0.25, -0.2) is 0 Å². The third-order valence-corrected chi connectivity index (χ3v) is 4.41. The number of benzene rings is 1. The van der Waals surface area contributed by atoms with Gasteiger partial charge in [-0.05, 0) is 37.6 Å². The lowest BCUT2D eigenvalue weighted by Gasteiger charge is -2.23. The summed E-state index contributed by atoms with van der Waals surface area (Å²) in [5, 5.41) is 11.9. The Morgan fingerprint density at radius 3 is 2.74 bits per heavy atom. The van der Waals surface area contributed by atoms with Crippen LogP contribution in [0.3, 0.4) is 0 Å². The maximum absolute atomic E-state index is 12.4. The van der Waals surface area contributed by atoms with E-state index in [1.807, 2.05) is 53.1 Å². The zero-order chi connectivity index (χ0) is 19.4. The van der Waals surface area contributed by atoms with E-state index in [-0.39, 0.29) is 12.5 Å². The number of carbonyl (C=O) groups excluding carboxylic acids is 1. The van der Waals surface area contributed by atoms with Crippen molar-refractivity contribution in [2.75, 3.05) is 6.61 Å². The molecule has 0 aliphatic carbocycles. The molecule has 1 atom stereocenters. The van der Waals surface area contributed by atoms with E-state index in [9.17, 15) is 4.79 Å². The van der Waals surface area contributed by atoms with Gasteiger partial charge in [-0.1, -0.05) is 35.9 Å². The second-order valence-corrected chi connectivity index (χ2v) is 7.25. The van der Waals surface area contributed by atoms with E-state index < -0.39 is 11.6 Å². The van der Waals surface area contributed by atoms with Crippen LogP contribution in [0, 0.1) is 0 Å². The van der Waals surface area contributed by atoms with Gasteiger partial charge >= 0.3 is 0 Å². The third kappa shape index (κ3) is 4.63. The molecule has 0 aliphatic heterocycles. The summed E-state index contributed by atoms with van der Waals surface area (Å²) in [6.07, 6.45) is 1.84. The van der Waals surface area contributed by atoms with Crippen LogP contribution >= 0.6 is 11.6 Å².